The number of carbonyl (C=O) groups is 2. The van der Waals surface area contributed by atoms with E-state index in [1.807, 2.05) is 0 Å². The van der Waals surface area contributed by atoms with Crippen LogP contribution in [0.5, 0.6) is 0 Å². The lowest BCUT2D eigenvalue weighted by Gasteiger charge is -2.63. The second-order valence-electron chi connectivity index (χ2n) is 9.72. The monoisotopic (exact) mass is 396 g/mol. The van der Waals surface area contributed by atoms with Crippen LogP contribution in [0.3, 0.4) is 0 Å². The summed E-state index contributed by atoms with van der Waals surface area (Å²) in [6, 6.07) is 0. The number of aliphatic hydroxyl groups excluding tert-OH is 3. The molecule has 0 radical (unpaired) electrons. The summed E-state index contributed by atoms with van der Waals surface area (Å²) >= 11 is 0. The number of Topliss-reactive ketones (excluding diaryl/α,β-unsaturated/α-hetero) is 1. The van der Waals surface area contributed by atoms with Gasteiger partial charge in [0.25, 0.3) is 0 Å². The smallest absolute Gasteiger partial charge is 0.192 e. The Morgan fingerprint density at radius 3 is 2.54 bits per heavy atom. The van der Waals surface area contributed by atoms with Gasteiger partial charge in [-0.2, -0.15) is 0 Å². The molecule has 0 saturated heterocycles. The fourth-order valence-corrected chi connectivity index (χ4v) is 7.21. The van der Waals surface area contributed by atoms with Crippen molar-refractivity contribution < 1.29 is 34.4 Å². The molecule has 0 aromatic heterocycles. The molecule has 0 aromatic carbocycles. The molecule has 4 aliphatic rings. The summed E-state index contributed by atoms with van der Waals surface area (Å²) in [6.07, 6.45) is -0.0824. The summed E-state index contributed by atoms with van der Waals surface area (Å²) in [6.45, 7) is 2.45. The van der Waals surface area contributed by atoms with Gasteiger partial charge in [0.05, 0.1) is 12.2 Å². The number of ketones is 2. The van der Waals surface area contributed by atoms with Gasteiger partial charge in [0.15, 0.2) is 17.2 Å². The van der Waals surface area contributed by atoms with Crippen LogP contribution in [0.25, 0.3) is 0 Å². The molecule has 0 spiro atoms. The highest BCUT2D eigenvalue weighted by atomic mass is 19.1. The predicted octanol–water partition coefficient (Wildman–Crippen LogP) is 0.844. The minimum atomic E-state index is -2.21. The van der Waals surface area contributed by atoms with Crippen LogP contribution in [0.2, 0.25) is 0 Å². The van der Waals surface area contributed by atoms with Crippen LogP contribution in [0.15, 0.2) is 11.6 Å². The lowest BCUT2D eigenvalue weighted by molar-refractivity contribution is -0.230. The van der Waals surface area contributed by atoms with E-state index < -0.39 is 58.5 Å². The van der Waals surface area contributed by atoms with Gasteiger partial charge in [0.2, 0.25) is 0 Å². The highest BCUT2D eigenvalue weighted by molar-refractivity contribution is 5.92. The Kier molecular flexibility index (Phi) is 4.27. The van der Waals surface area contributed by atoms with Gasteiger partial charge in [-0.25, -0.2) is 4.39 Å². The summed E-state index contributed by atoms with van der Waals surface area (Å²) in [5, 5.41) is 42.2. The molecule has 0 amide bonds. The molecule has 156 valence electrons. The van der Waals surface area contributed by atoms with Crippen molar-refractivity contribution in [2.45, 2.75) is 75.9 Å². The van der Waals surface area contributed by atoms with E-state index in [4.69, 9.17) is 0 Å². The number of allylic oxidation sites excluding steroid dienone is 1. The molecule has 0 heterocycles. The number of halogens is 1. The van der Waals surface area contributed by atoms with E-state index in [-0.39, 0.29) is 25.0 Å². The number of hydrogen-bond acceptors (Lipinski definition) is 6. The van der Waals surface area contributed by atoms with E-state index in [2.05, 4.69) is 0 Å². The van der Waals surface area contributed by atoms with Crippen molar-refractivity contribution in [2.75, 3.05) is 6.61 Å². The van der Waals surface area contributed by atoms with Gasteiger partial charge in [-0.3, -0.25) is 9.59 Å². The van der Waals surface area contributed by atoms with Gasteiger partial charge in [0, 0.05) is 23.2 Å². The molecular weight excluding hydrogens is 367 g/mol. The van der Waals surface area contributed by atoms with Crippen LogP contribution >= 0.6 is 0 Å². The van der Waals surface area contributed by atoms with Gasteiger partial charge in [-0.1, -0.05) is 19.4 Å². The summed E-state index contributed by atoms with van der Waals surface area (Å²) in [7, 11) is 0. The Hall–Kier alpha value is -1.15. The van der Waals surface area contributed by atoms with Crippen LogP contribution in [0.1, 0.15) is 52.4 Å². The van der Waals surface area contributed by atoms with Crippen LogP contribution in [0.4, 0.5) is 4.39 Å². The Morgan fingerprint density at radius 1 is 1.21 bits per heavy atom. The van der Waals surface area contributed by atoms with Crippen molar-refractivity contribution in [1.29, 1.82) is 0 Å². The fraction of sp³-hybridized carbons (Fsp3) is 0.810. The first-order valence-corrected chi connectivity index (χ1v) is 10.1. The molecule has 1 unspecified atom stereocenters. The molecule has 4 N–H and O–H groups in total. The maximum atomic E-state index is 16.8. The van der Waals surface area contributed by atoms with E-state index >= 15 is 4.39 Å². The number of fused-ring (bicyclic) bond motifs is 5. The quantitative estimate of drug-likeness (QED) is 0.550. The number of alkyl halides is 1. The highest BCUT2D eigenvalue weighted by Gasteiger charge is 2.76. The standard InChI is InChI=1S/C21H29FO6/c1-18-6-5-12(24)7-11(18)3-4-13-14-8-15(25)21(28,17(27)10-23)19(14,2)9-16(26)20(13,18)22/h7,13-16,23,25-26,28H,3-6,8-10H2,1-2H3/t13-,14-,15+,16-,18-,19-,20?,21-/m0/s1. The lowest BCUT2D eigenvalue weighted by atomic mass is 9.44. The minimum absolute atomic E-state index is 0.0242. The third-order valence-corrected chi connectivity index (χ3v) is 8.83. The molecule has 4 rings (SSSR count). The van der Waals surface area contributed by atoms with Crippen LogP contribution in [-0.2, 0) is 9.59 Å². The Balaban J connectivity index is 1.83. The lowest BCUT2D eigenvalue weighted by Crippen LogP contribution is -2.70. The molecule has 7 heteroatoms. The maximum Gasteiger partial charge on any atom is 0.192 e. The summed E-state index contributed by atoms with van der Waals surface area (Å²) in [4.78, 5) is 24.3. The van der Waals surface area contributed by atoms with E-state index in [0.717, 1.165) is 5.57 Å². The zero-order valence-electron chi connectivity index (χ0n) is 16.3. The Bertz CT molecular complexity index is 766. The first-order valence-electron chi connectivity index (χ1n) is 10.1. The number of aliphatic hydroxyl groups is 4. The van der Waals surface area contributed by atoms with E-state index in [1.54, 1.807) is 13.8 Å². The summed E-state index contributed by atoms with van der Waals surface area (Å²) in [5.41, 5.74) is -5.72. The number of carbonyl (C=O) groups excluding carboxylic acids is 2. The Labute approximate surface area is 163 Å². The SMILES string of the molecule is C[C@]12CCC(=O)C=C1CC[C@H]1[C@@H]3C[C@@H](O)[C@](O)(C(=O)CO)[C@@]3(C)C[C@H](O)C12F. The number of hydrogen-bond donors (Lipinski definition) is 4. The average Bonchev–Trinajstić information content (AvgIpc) is 2.84. The average molecular weight is 396 g/mol. The van der Waals surface area contributed by atoms with Crippen molar-refractivity contribution >= 4 is 11.6 Å². The van der Waals surface area contributed by atoms with Gasteiger partial charge < -0.3 is 20.4 Å². The van der Waals surface area contributed by atoms with Gasteiger partial charge in [0.1, 0.15) is 12.3 Å². The maximum absolute atomic E-state index is 16.8. The molecule has 8 atom stereocenters. The normalized spacial score (nSPS) is 53.1. The van der Waals surface area contributed by atoms with Gasteiger partial charge in [-0.05, 0) is 44.1 Å². The zero-order valence-corrected chi connectivity index (χ0v) is 16.3. The first kappa shape index (κ1) is 20.1. The zero-order chi connectivity index (χ0) is 20.7. The Morgan fingerprint density at radius 2 is 1.89 bits per heavy atom. The molecule has 28 heavy (non-hydrogen) atoms. The van der Waals surface area contributed by atoms with Gasteiger partial charge >= 0.3 is 0 Å². The van der Waals surface area contributed by atoms with E-state index in [1.165, 1.54) is 6.08 Å². The molecule has 3 fully saturated rings. The van der Waals surface area contributed by atoms with Crippen molar-refractivity contribution in [3.8, 4) is 0 Å². The van der Waals surface area contributed by atoms with Crippen molar-refractivity contribution in [3.05, 3.63) is 11.6 Å². The third-order valence-electron chi connectivity index (χ3n) is 8.83. The molecule has 3 saturated carbocycles. The molecule has 0 aromatic rings. The van der Waals surface area contributed by atoms with Crippen LogP contribution < -0.4 is 0 Å². The van der Waals surface area contributed by atoms with Crippen molar-refractivity contribution in [1.82, 2.24) is 0 Å². The first-order chi connectivity index (χ1) is 13.0. The molecule has 0 bridgehead atoms. The second kappa shape index (κ2) is 5.94. The third kappa shape index (κ3) is 2.06. The predicted molar refractivity (Wildman–Crippen MR) is 96.9 cm³/mol. The summed E-state index contributed by atoms with van der Waals surface area (Å²) in [5.74, 6) is -2.10. The van der Waals surface area contributed by atoms with E-state index in [0.29, 0.717) is 19.3 Å². The topological polar surface area (TPSA) is 115 Å². The van der Waals surface area contributed by atoms with Crippen molar-refractivity contribution in [2.24, 2.45) is 22.7 Å². The van der Waals surface area contributed by atoms with Gasteiger partial charge in [-0.15, -0.1) is 0 Å². The molecular formula is C21H29FO6. The second-order valence-corrected chi connectivity index (χ2v) is 9.72. The van der Waals surface area contributed by atoms with Crippen molar-refractivity contribution in [3.63, 3.8) is 0 Å². The number of rotatable bonds is 2. The molecule has 0 aliphatic heterocycles. The van der Waals surface area contributed by atoms with Crippen LogP contribution in [-0.4, -0.2) is 62.1 Å². The fourth-order valence-electron chi connectivity index (χ4n) is 7.21. The molecule has 6 nitrogen and oxygen atoms in total. The summed E-state index contributed by atoms with van der Waals surface area (Å²) < 4.78 is 16.8. The van der Waals surface area contributed by atoms with E-state index in [9.17, 15) is 30.0 Å². The minimum Gasteiger partial charge on any atom is -0.390 e. The molecule has 4 aliphatic carbocycles. The highest BCUT2D eigenvalue weighted by Crippen LogP contribution is 2.70. The largest absolute Gasteiger partial charge is 0.390 e. The van der Waals surface area contributed by atoms with Crippen LogP contribution in [0, 0.1) is 22.7 Å².